The molecule has 5 nitrogen and oxygen atoms in total. The Bertz CT molecular complexity index is 941. The number of piperidine rings is 2. The van der Waals surface area contributed by atoms with Crippen LogP contribution in [-0.2, 0) is 22.4 Å². The third-order valence-electron chi connectivity index (χ3n) is 7.08. The van der Waals surface area contributed by atoms with E-state index in [1.165, 1.54) is 12.1 Å². The van der Waals surface area contributed by atoms with Crippen molar-refractivity contribution in [1.82, 2.24) is 14.8 Å². The Morgan fingerprint density at radius 1 is 1.09 bits per heavy atom. The largest absolute Gasteiger partial charge is 0.343 e. The van der Waals surface area contributed by atoms with Gasteiger partial charge in [0.1, 0.15) is 5.82 Å². The molecular weight excluding hydrogens is 405 g/mol. The molecule has 1 atom stereocenters. The van der Waals surface area contributed by atoms with Crippen molar-refractivity contribution >= 4 is 11.8 Å². The molecule has 2 saturated heterocycles. The maximum absolute atomic E-state index is 14.0. The summed E-state index contributed by atoms with van der Waals surface area (Å²) in [7, 11) is 0. The van der Waals surface area contributed by atoms with Gasteiger partial charge in [-0.25, -0.2) is 4.39 Å². The van der Waals surface area contributed by atoms with E-state index < -0.39 is 5.41 Å². The van der Waals surface area contributed by atoms with Crippen LogP contribution in [0.4, 0.5) is 4.39 Å². The van der Waals surface area contributed by atoms with Crippen molar-refractivity contribution in [3.8, 4) is 0 Å². The van der Waals surface area contributed by atoms with Crippen molar-refractivity contribution in [1.29, 1.82) is 0 Å². The summed E-state index contributed by atoms with van der Waals surface area (Å²) in [6.07, 6.45) is 6.51. The first kappa shape index (κ1) is 22.4. The minimum absolute atomic E-state index is 0.0465. The van der Waals surface area contributed by atoms with E-state index in [2.05, 4.69) is 4.98 Å². The van der Waals surface area contributed by atoms with Crippen LogP contribution >= 0.6 is 0 Å². The first-order chi connectivity index (χ1) is 15.4. The molecule has 2 fully saturated rings. The third-order valence-corrected chi connectivity index (χ3v) is 7.08. The highest BCUT2D eigenvalue weighted by Crippen LogP contribution is 2.38. The van der Waals surface area contributed by atoms with Crippen LogP contribution in [0.3, 0.4) is 0 Å². The minimum atomic E-state index is -0.591. The summed E-state index contributed by atoms with van der Waals surface area (Å²) in [6, 6.07) is 12.5. The lowest BCUT2D eigenvalue weighted by atomic mass is 9.72. The Morgan fingerprint density at radius 3 is 2.59 bits per heavy atom. The highest BCUT2D eigenvalue weighted by molar-refractivity contribution is 5.84. The highest BCUT2D eigenvalue weighted by atomic mass is 19.1. The second kappa shape index (κ2) is 9.80. The van der Waals surface area contributed by atoms with Crippen LogP contribution in [0, 0.1) is 17.2 Å². The number of rotatable bonds is 5. The minimum Gasteiger partial charge on any atom is -0.343 e. The molecule has 170 valence electrons. The third kappa shape index (κ3) is 5.17. The average molecular weight is 438 g/mol. The van der Waals surface area contributed by atoms with Gasteiger partial charge in [0.15, 0.2) is 0 Å². The number of amides is 2. The zero-order valence-corrected chi connectivity index (χ0v) is 18.8. The SMILES string of the molecule is CC(=O)N1CCC(Cc2cccc(F)c2)(C(=O)N2CCCC(Cc3ccccn3)C2)CC1. The molecule has 2 aromatic rings. The Morgan fingerprint density at radius 2 is 1.91 bits per heavy atom. The summed E-state index contributed by atoms with van der Waals surface area (Å²) in [6.45, 7) is 4.22. The number of halogens is 1. The molecule has 6 heteroatoms. The number of nitrogens with zero attached hydrogens (tertiary/aromatic N) is 3. The van der Waals surface area contributed by atoms with Gasteiger partial charge >= 0.3 is 0 Å². The first-order valence-electron chi connectivity index (χ1n) is 11.6. The molecule has 0 aliphatic carbocycles. The summed E-state index contributed by atoms with van der Waals surface area (Å²) < 4.78 is 13.9. The summed E-state index contributed by atoms with van der Waals surface area (Å²) in [4.78, 5) is 34.1. The van der Waals surface area contributed by atoms with Gasteiger partial charge in [-0.15, -0.1) is 0 Å². The molecule has 4 rings (SSSR count). The molecule has 2 amide bonds. The van der Waals surface area contributed by atoms with E-state index in [0.717, 1.165) is 43.6 Å². The van der Waals surface area contributed by atoms with E-state index in [9.17, 15) is 14.0 Å². The van der Waals surface area contributed by atoms with Crippen LogP contribution in [0.25, 0.3) is 0 Å². The average Bonchev–Trinajstić information content (AvgIpc) is 2.80. The zero-order chi connectivity index (χ0) is 22.6. The van der Waals surface area contributed by atoms with Crippen LogP contribution in [-0.4, -0.2) is 52.8 Å². The maximum atomic E-state index is 14.0. The molecule has 0 bridgehead atoms. The summed E-state index contributed by atoms with van der Waals surface area (Å²) in [5.74, 6) is 0.326. The predicted molar refractivity (Wildman–Crippen MR) is 121 cm³/mol. The molecule has 1 aromatic heterocycles. The predicted octanol–water partition coefficient (Wildman–Crippen LogP) is 3.87. The molecule has 1 aromatic carbocycles. The molecule has 0 spiro atoms. The summed E-state index contributed by atoms with van der Waals surface area (Å²) in [5, 5.41) is 0. The Balaban J connectivity index is 1.52. The standard InChI is InChI=1S/C26H32FN3O2/c1-20(31)29-14-10-26(11-15-29,18-21-6-4-8-23(27)16-21)25(32)30-13-5-7-22(19-30)17-24-9-2-3-12-28-24/h2-4,6,8-9,12,16,22H,5,7,10-11,13-15,17-19H2,1H3. The van der Waals surface area contributed by atoms with Crippen molar-refractivity contribution in [2.24, 2.45) is 11.3 Å². The number of pyridine rings is 1. The van der Waals surface area contributed by atoms with Gasteiger partial charge in [-0.1, -0.05) is 18.2 Å². The van der Waals surface area contributed by atoms with Gasteiger partial charge in [0.25, 0.3) is 0 Å². The van der Waals surface area contributed by atoms with Crippen molar-refractivity contribution < 1.29 is 14.0 Å². The number of benzene rings is 1. The van der Waals surface area contributed by atoms with Crippen LogP contribution in [0.1, 0.15) is 43.9 Å². The second-order valence-electron chi connectivity index (χ2n) is 9.38. The number of hydrogen-bond acceptors (Lipinski definition) is 3. The van der Waals surface area contributed by atoms with E-state index in [0.29, 0.717) is 38.3 Å². The molecule has 3 heterocycles. The van der Waals surface area contributed by atoms with E-state index in [4.69, 9.17) is 0 Å². The lowest BCUT2D eigenvalue weighted by molar-refractivity contribution is -0.149. The van der Waals surface area contributed by atoms with Crippen molar-refractivity contribution in [3.05, 3.63) is 65.7 Å². The van der Waals surface area contributed by atoms with Crippen LogP contribution in [0.2, 0.25) is 0 Å². The van der Waals surface area contributed by atoms with Crippen molar-refractivity contribution in [2.75, 3.05) is 26.2 Å². The van der Waals surface area contributed by atoms with E-state index in [-0.39, 0.29) is 17.6 Å². The number of hydrogen-bond donors (Lipinski definition) is 0. The Kier molecular flexibility index (Phi) is 6.87. The second-order valence-corrected chi connectivity index (χ2v) is 9.38. The van der Waals surface area contributed by atoms with Gasteiger partial charge in [-0.2, -0.15) is 0 Å². The van der Waals surface area contributed by atoms with Crippen LogP contribution < -0.4 is 0 Å². The lowest BCUT2D eigenvalue weighted by Crippen LogP contribution is -2.54. The highest BCUT2D eigenvalue weighted by Gasteiger charge is 2.45. The molecule has 2 aliphatic heterocycles. The van der Waals surface area contributed by atoms with E-state index in [1.54, 1.807) is 13.0 Å². The van der Waals surface area contributed by atoms with E-state index >= 15 is 0 Å². The Hall–Kier alpha value is -2.76. The number of carbonyl (C=O) groups is 2. The van der Waals surface area contributed by atoms with Crippen molar-refractivity contribution in [3.63, 3.8) is 0 Å². The van der Waals surface area contributed by atoms with Gasteiger partial charge in [0, 0.05) is 45.0 Å². The fraction of sp³-hybridized carbons (Fsp3) is 0.500. The molecule has 32 heavy (non-hydrogen) atoms. The Labute approximate surface area is 189 Å². The fourth-order valence-electron chi connectivity index (χ4n) is 5.32. The molecule has 0 radical (unpaired) electrons. The van der Waals surface area contributed by atoms with Gasteiger partial charge in [-0.05, 0) is 74.3 Å². The smallest absolute Gasteiger partial charge is 0.229 e. The van der Waals surface area contributed by atoms with Gasteiger partial charge in [0.2, 0.25) is 11.8 Å². The monoisotopic (exact) mass is 437 g/mol. The maximum Gasteiger partial charge on any atom is 0.229 e. The topological polar surface area (TPSA) is 53.5 Å². The van der Waals surface area contributed by atoms with Gasteiger partial charge in [0.05, 0.1) is 5.41 Å². The number of likely N-dealkylation sites (tertiary alicyclic amines) is 2. The van der Waals surface area contributed by atoms with Crippen molar-refractivity contribution in [2.45, 2.75) is 45.4 Å². The summed E-state index contributed by atoms with van der Waals surface area (Å²) >= 11 is 0. The molecule has 0 N–H and O–H groups in total. The number of carbonyl (C=O) groups excluding carboxylic acids is 2. The fourth-order valence-corrected chi connectivity index (χ4v) is 5.32. The van der Waals surface area contributed by atoms with Gasteiger partial charge < -0.3 is 9.80 Å². The first-order valence-corrected chi connectivity index (χ1v) is 11.6. The van der Waals surface area contributed by atoms with Gasteiger partial charge in [-0.3, -0.25) is 14.6 Å². The van der Waals surface area contributed by atoms with Crippen LogP contribution in [0.5, 0.6) is 0 Å². The molecule has 2 aliphatic rings. The molecule has 0 saturated carbocycles. The van der Waals surface area contributed by atoms with Crippen LogP contribution in [0.15, 0.2) is 48.7 Å². The summed E-state index contributed by atoms with van der Waals surface area (Å²) in [5.41, 5.74) is 1.32. The molecule has 1 unspecified atom stereocenters. The number of aromatic nitrogens is 1. The normalized spacial score (nSPS) is 20.8. The molecular formula is C26H32FN3O2. The van der Waals surface area contributed by atoms with E-state index in [1.807, 2.05) is 40.3 Å². The zero-order valence-electron chi connectivity index (χ0n) is 18.8. The quantitative estimate of drug-likeness (QED) is 0.714. The lowest BCUT2D eigenvalue weighted by Gasteiger charge is -2.45.